The molecule has 2 N–H and O–H groups in total. The monoisotopic (exact) mass is 513 g/mol. The van der Waals surface area contributed by atoms with E-state index in [1.165, 1.54) is 0 Å². The fourth-order valence-corrected chi connectivity index (χ4v) is 3.12. The average Bonchev–Trinajstić information content (AvgIpc) is 3.23. The number of nitrogens with zero attached hydrogens (tertiary/aromatic N) is 3. The van der Waals surface area contributed by atoms with Gasteiger partial charge in [-0.25, -0.2) is 4.68 Å². The Morgan fingerprint density at radius 3 is 2.79 bits per heavy atom. The molecule has 2 heterocycles. The molecule has 0 bridgehead atoms. The first kappa shape index (κ1) is 23.6. The smallest absolute Gasteiger partial charge is 0.191 e. The average molecular weight is 513 g/mol. The van der Waals surface area contributed by atoms with Crippen LogP contribution in [0.4, 0.5) is 0 Å². The summed E-state index contributed by atoms with van der Waals surface area (Å²) in [6.07, 6.45) is 7.10. The summed E-state index contributed by atoms with van der Waals surface area (Å²) < 4.78 is 13.0. The Morgan fingerprint density at radius 2 is 2.03 bits per heavy atom. The van der Waals surface area contributed by atoms with Crippen molar-refractivity contribution in [3.8, 4) is 5.69 Å². The Balaban J connectivity index is 0.00000300. The Labute approximate surface area is 190 Å². The summed E-state index contributed by atoms with van der Waals surface area (Å²) in [6.45, 7) is 4.88. The second kappa shape index (κ2) is 13.6. The van der Waals surface area contributed by atoms with Gasteiger partial charge in [0.1, 0.15) is 0 Å². The van der Waals surface area contributed by atoms with E-state index in [9.17, 15) is 0 Å². The number of para-hydroxylation sites is 1. The van der Waals surface area contributed by atoms with E-state index in [4.69, 9.17) is 9.47 Å². The first-order chi connectivity index (χ1) is 13.8. The fourth-order valence-electron chi connectivity index (χ4n) is 3.12. The van der Waals surface area contributed by atoms with Gasteiger partial charge in [0.15, 0.2) is 5.96 Å². The summed E-state index contributed by atoms with van der Waals surface area (Å²) in [7, 11) is 1.78. The predicted molar refractivity (Wildman–Crippen MR) is 126 cm³/mol. The minimum absolute atomic E-state index is 0. The topological polar surface area (TPSA) is 72.7 Å². The Bertz CT molecular complexity index is 717. The molecule has 0 amide bonds. The maximum atomic E-state index is 5.80. The molecule has 1 saturated heterocycles. The molecule has 0 aliphatic carbocycles. The molecule has 0 unspecified atom stereocenters. The van der Waals surface area contributed by atoms with Crippen LogP contribution in [0.15, 0.2) is 47.7 Å². The zero-order valence-corrected chi connectivity index (χ0v) is 19.4. The second-order valence-electron chi connectivity index (χ2n) is 6.97. The lowest BCUT2D eigenvalue weighted by Crippen LogP contribution is -2.37. The van der Waals surface area contributed by atoms with Gasteiger partial charge in [-0.05, 0) is 37.3 Å². The van der Waals surface area contributed by atoms with Crippen molar-refractivity contribution in [3.05, 3.63) is 48.3 Å². The second-order valence-corrected chi connectivity index (χ2v) is 6.97. The van der Waals surface area contributed by atoms with E-state index in [-0.39, 0.29) is 24.0 Å². The van der Waals surface area contributed by atoms with Crippen LogP contribution in [0.2, 0.25) is 0 Å². The summed E-state index contributed by atoms with van der Waals surface area (Å²) in [6, 6.07) is 10.1. The lowest BCUT2D eigenvalue weighted by molar-refractivity contribution is 0.0203. The molecule has 1 fully saturated rings. The van der Waals surface area contributed by atoms with Crippen LogP contribution in [-0.2, 0) is 16.0 Å². The SMILES string of the molecule is CN=C(NCCCOCC1CCOCC1)NCc1cnn(-c2ccccc2)c1.I. The van der Waals surface area contributed by atoms with E-state index in [0.717, 1.165) is 69.4 Å². The van der Waals surface area contributed by atoms with Gasteiger partial charge in [0, 0.05) is 58.3 Å². The molecule has 0 spiro atoms. The van der Waals surface area contributed by atoms with Crippen LogP contribution in [0.1, 0.15) is 24.8 Å². The van der Waals surface area contributed by atoms with Crippen molar-refractivity contribution in [3.63, 3.8) is 0 Å². The predicted octanol–water partition coefficient (Wildman–Crippen LogP) is 2.99. The maximum absolute atomic E-state index is 5.80. The molecule has 160 valence electrons. The van der Waals surface area contributed by atoms with E-state index in [0.29, 0.717) is 12.5 Å². The lowest BCUT2D eigenvalue weighted by Gasteiger charge is -2.21. The van der Waals surface area contributed by atoms with Crippen LogP contribution in [0.5, 0.6) is 0 Å². The number of aromatic nitrogens is 2. The fraction of sp³-hybridized carbons (Fsp3) is 0.524. The van der Waals surface area contributed by atoms with Crippen LogP contribution in [0.3, 0.4) is 0 Å². The first-order valence-electron chi connectivity index (χ1n) is 10.0. The number of aliphatic imine (C=N–C) groups is 1. The summed E-state index contributed by atoms with van der Waals surface area (Å²) in [5, 5.41) is 11.1. The number of hydrogen-bond acceptors (Lipinski definition) is 4. The maximum Gasteiger partial charge on any atom is 0.191 e. The zero-order valence-electron chi connectivity index (χ0n) is 17.0. The molecule has 2 aromatic rings. The molecule has 1 aromatic heterocycles. The van der Waals surface area contributed by atoms with Crippen LogP contribution in [-0.4, -0.2) is 55.8 Å². The number of nitrogens with one attached hydrogen (secondary N) is 2. The number of benzene rings is 1. The van der Waals surface area contributed by atoms with Crippen LogP contribution < -0.4 is 10.6 Å². The van der Waals surface area contributed by atoms with E-state index < -0.39 is 0 Å². The summed E-state index contributed by atoms with van der Waals surface area (Å²) >= 11 is 0. The molecule has 0 radical (unpaired) electrons. The number of rotatable bonds is 9. The summed E-state index contributed by atoms with van der Waals surface area (Å²) in [4.78, 5) is 4.27. The first-order valence-corrected chi connectivity index (χ1v) is 10.0. The van der Waals surface area contributed by atoms with Gasteiger partial charge >= 0.3 is 0 Å². The van der Waals surface area contributed by atoms with Crippen LogP contribution >= 0.6 is 24.0 Å². The Kier molecular flexibility index (Phi) is 11.0. The van der Waals surface area contributed by atoms with E-state index in [1.54, 1.807) is 7.05 Å². The largest absolute Gasteiger partial charge is 0.381 e. The minimum atomic E-state index is 0. The Morgan fingerprint density at radius 1 is 1.24 bits per heavy atom. The van der Waals surface area contributed by atoms with Gasteiger partial charge in [0.25, 0.3) is 0 Å². The van der Waals surface area contributed by atoms with Gasteiger partial charge in [-0.15, -0.1) is 24.0 Å². The molecule has 1 aliphatic rings. The van der Waals surface area contributed by atoms with Crippen molar-refractivity contribution in [2.24, 2.45) is 10.9 Å². The van der Waals surface area contributed by atoms with Gasteiger partial charge in [0.2, 0.25) is 0 Å². The highest BCUT2D eigenvalue weighted by Crippen LogP contribution is 2.14. The highest BCUT2D eigenvalue weighted by atomic mass is 127. The van der Waals surface area contributed by atoms with Gasteiger partial charge in [-0.3, -0.25) is 4.99 Å². The standard InChI is InChI=1S/C21H31N5O2.HI/c1-22-21(23-10-5-11-28-17-18-8-12-27-13-9-18)24-14-19-15-25-26(16-19)20-6-3-2-4-7-20;/h2-4,6-7,15-16,18H,5,8-14,17H2,1H3,(H2,22,23,24);1H. The van der Waals surface area contributed by atoms with Crippen molar-refractivity contribution in [2.45, 2.75) is 25.8 Å². The van der Waals surface area contributed by atoms with Crippen LogP contribution in [0.25, 0.3) is 5.69 Å². The molecule has 0 atom stereocenters. The molecule has 29 heavy (non-hydrogen) atoms. The summed E-state index contributed by atoms with van der Waals surface area (Å²) in [5.41, 5.74) is 2.16. The molecule has 8 heteroatoms. The highest BCUT2D eigenvalue weighted by Gasteiger charge is 2.13. The van der Waals surface area contributed by atoms with Gasteiger partial charge in [-0.2, -0.15) is 5.10 Å². The third-order valence-electron chi connectivity index (χ3n) is 4.79. The minimum Gasteiger partial charge on any atom is -0.381 e. The molecule has 7 nitrogen and oxygen atoms in total. The summed E-state index contributed by atoms with van der Waals surface area (Å²) in [5.74, 6) is 1.45. The highest BCUT2D eigenvalue weighted by molar-refractivity contribution is 14.0. The Hall–Kier alpha value is -1.65. The molecule has 1 aliphatic heterocycles. The van der Waals surface area contributed by atoms with E-state index >= 15 is 0 Å². The molecular weight excluding hydrogens is 481 g/mol. The number of guanidine groups is 1. The third-order valence-corrected chi connectivity index (χ3v) is 4.79. The molecule has 1 aromatic carbocycles. The van der Waals surface area contributed by atoms with Gasteiger partial charge in [0.05, 0.1) is 11.9 Å². The van der Waals surface area contributed by atoms with Gasteiger partial charge in [-0.1, -0.05) is 18.2 Å². The van der Waals surface area contributed by atoms with Crippen molar-refractivity contribution in [1.82, 2.24) is 20.4 Å². The lowest BCUT2D eigenvalue weighted by atomic mass is 10.0. The molecule has 3 rings (SSSR count). The number of hydrogen-bond donors (Lipinski definition) is 2. The van der Waals surface area contributed by atoms with Crippen molar-refractivity contribution in [2.75, 3.05) is 40.0 Å². The number of ether oxygens (including phenoxy) is 2. The normalized spacial score (nSPS) is 15.0. The molecule has 0 saturated carbocycles. The van der Waals surface area contributed by atoms with Crippen molar-refractivity contribution < 1.29 is 9.47 Å². The number of halogens is 1. The molecular formula is C21H32IN5O2. The van der Waals surface area contributed by atoms with Gasteiger partial charge < -0.3 is 20.1 Å². The zero-order chi connectivity index (χ0) is 19.4. The van der Waals surface area contributed by atoms with Crippen LogP contribution in [0, 0.1) is 5.92 Å². The quantitative estimate of drug-likeness (QED) is 0.234. The van der Waals surface area contributed by atoms with Crippen molar-refractivity contribution >= 4 is 29.9 Å². The van der Waals surface area contributed by atoms with E-state index in [1.807, 2.05) is 47.4 Å². The van der Waals surface area contributed by atoms with Crippen molar-refractivity contribution in [1.29, 1.82) is 0 Å². The third kappa shape index (κ3) is 8.31. The van der Waals surface area contributed by atoms with E-state index in [2.05, 4.69) is 20.7 Å².